The fourth-order valence-corrected chi connectivity index (χ4v) is 2.82. The van der Waals surface area contributed by atoms with Crippen LogP contribution >= 0.6 is 0 Å². The van der Waals surface area contributed by atoms with Crippen LogP contribution in [-0.2, 0) is 9.59 Å². The molecular weight excluding hydrogens is 308 g/mol. The normalized spacial score (nSPS) is 12.1. The summed E-state index contributed by atoms with van der Waals surface area (Å²) in [5.41, 5.74) is -0.567. The maximum absolute atomic E-state index is 11.1. The molecule has 5 heteroatoms. The van der Waals surface area contributed by atoms with Gasteiger partial charge in [-0.2, -0.15) is 0 Å². The maximum atomic E-state index is 11.1. The van der Waals surface area contributed by atoms with Gasteiger partial charge in [0.25, 0.3) is 0 Å². The van der Waals surface area contributed by atoms with Crippen LogP contribution in [-0.4, -0.2) is 33.9 Å². The van der Waals surface area contributed by atoms with Crippen molar-refractivity contribution in [1.29, 1.82) is 0 Å². The van der Waals surface area contributed by atoms with Crippen molar-refractivity contribution in [2.45, 2.75) is 90.4 Å². The van der Waals surface area contributed by atoms with E-state index >= 15 is 0 Å². The van der Waals surface area contributed by atoms with E-state index in [1.165, 1.54) is 51.4 Å². The second-order valence-corrected chi connectivity index (χ2v) is 6.36. The molecule has 0 aromatic heterocycles. The van der Waals surface area contributed by atoms with Crippen molar-refractivity contribution in [3.8, 4) is 0 Å². The number of hydrogen-bond donors (Lipinski definition) is 3. The van der Waals surface area contributed by atoms with Gasteiger partial charge in [0.05, 0.1) is 12.2 Å². The fraction of sp³-hybridized carbons (Fsp3) is 0.789. The van der Waals surface area contributed by atoms with Gasteiger partial charge < -0.3 is 15.3 Å². The average Bonchev–Trinajstić information content (AvgIpc) is 2.54. The third-order valence-corrected chi connectivity index (χ3v) is 4.32. The maximum Gasteiger partial charge on any atom is 0.334 e. The third-order valence-electron chi connectivity index (χ3n) is 4.32. The Bertz CT molecular complexity index is 387. The largest absolute Gasteiger partial charge is 0.478 e. The first-order valence-corrected chi connectivity index (χ1v) is 9.34. The van der Waals surface area contributed by atoms with Crippen LogP contribution < -0.4 is 0 Å². The molecule has 0 saturated carbocycles. The minimum absolute atomic E-state index is 0.169. The van der Waals surface area contributed by atoms with Crippen LogP contribution in [0.3, 0.4) is 0 Å². The molecule has 0 aromatic rings. The molecule has 0 aliphatic carbocycles. The minimum Gasteiger partial charge on any atom is -0.478 e. The Labute approximate surface area is 145 Å². The highest BCUT2D eigenvalue weighted by atomic mass is 16.4. The highest BCUT2D eigenvalue weighted by molar-refractivity contribution is 5.98. The van der Waals surface area contributed by atoms with Crippen molar-refractivity contribution in [3.05, 3.63) is 11.1 Å². The van der Waals surface area contributed by atoms with Crippen molar-refractivity contribution in [2.75, 3.05) is 6.61 Å². The van der Waals surface area contributed by atoms with Gasteiger partial charge in [-0.25, -0.2) is 9.59 Å². The summed E-state index contributed by atoms with van der Waals surface area (Å²) in [7, 11) is 0. The number of aliphatic carboxylic acids is 2. The van der Waals surface area contributed by atoms with Crippen LogP contribution in [0.4, 0.5) is 0 Å². The number of hydrogen-bond acceptors (Lipinski definition) is 3. The van der Waals surface area contributed by atoms with Crippen LogP contribution in [0.25, 0.3) is 0 Å². The molecule has 0 spiro atoms. The van der Waals surface area contributed by atoms with Gasteiger partial charge >= 0.3 is 11.9 Å². The number of unbranched alkanes of at least 4 members (excludes halogenated alkanes) is 11. The number of carboxylic acids is 2. The van der Waals surface area contributed by atoms with Crippen LogP contribution in [0.2, 0.25) is 0 Å². The molecule has 3 N–H and O–H groups in total. The number of aliphatic hydroxyl groups excluding tert-OH is 1. The summed E-state index contributed by atoms with van der Waals surface area (Å²) in [6, 6.07) is 0. The molecule has 140 valence electrons. The zero-order valence-electron chi connectivity index (χ0n) is 15.1. The molecule has 0 aliphatic heterocycles. The van der Waals surface area contributed by atoms with Crippen LogP contribution in [0.1, 0.15) is 90.4 Å². The summed E-state index contributed by atoms with van der Waals surface area (Å²) in [6.45, 7) is 1.48. The standard InChI is InChI=1S/C19H34O5/c1-2-3-4-5-6-7-8-9-10-11-12-13-14-16(18(21)22)17(15-20)19(23)24/h20H,2-15H2,1H3,(H,21,22)(H,23,24). The lowest BCUT2D eigenvalue weighted by atomic mass is 10.0. The predicted molar refractivity (Wildman–Crippen MR) is 95.1 cm³/mol. The zero-order valence-corrected chi connectivity index (χ0v) is 15.1. The summed E-state index contributed by atoms with van der Waals surface area (Å²) in [5, 5.41) is 27.0. The number of rotatable bonds is 16. The van der Waals surface area contributed by atoms with Gasteiger partial charge in [-0.1, -0.05) is 77.6 Å². The molecule has 0 aliphatic rings. The first kappa shape index (κ1) is 22.6. The van der Waals surface area contributed by atoms with Gasteiger partial charge in [-0.3, -0.25) is 0 Å². The van der Waals surface area contributed by atoms with Crippen molar-refractivity contribution in [2.24, 2.45) is 0 Å². The first-order valence-electron chi connectivity index (χ1n) is 9.34. The molecule has 0 atom stereocenters. The van der Waals surface area contributed by atoms with E-state index in [0.29, 0.717) is 6.42 Å². The molecule has 0 rings (SSSR count). The van der Waals surface area contributed by atoms with Gasteiger partial charge in [0.2, 0.25) is 0 Å². The van der Waals surface area contributed by atoms with Crippen molar-refractivity contribution in [1.82, 2.24) is 0 Å². The molecule has 0 amide bonds. The Morgan fingerprint density at radius 1 is 0.625 bits per heavy atom. The Morgan fingerprint density at radius 2 is 1.00 bits per heavy atom. The number of carboxylic acid groups (broad SMARTS) is 2. The van der Waals surface area contributed by atoms with E-state index in [9.17, 15) is 9.59 Å². The lowest BCUT2D eigenvalue weighted by molar-refractivity contribution is -0.136. The van der Waals surface area contributed by atoms with E-state index < -0.39 is 24.1 Å². The van der Waals surface area contributed by atoms with Gasteiger partial charge in [-0.15, -0.1) is 0 Å². The second-order valence-electron chi connectivity index (χ2n) is 6.36. The van der Waals surface area contributed by atoms with E-state index in [0.717, 1.165) is 19.3 Å². The molecule has 0 fully saturated rings. The van der Waals surface area contributed by atoms with Gasteiger partial charge in [-0.05, 0) is 12.8 Å². The highest BCUT2D eigenvalue weighted by Gasteiger charge is 2.18. The second kappa shape index (κ2) is 15.2. The SMILES string of the molecule is CCCCCCCCCCCCCCC(C(=O)O)=C(CO)C(=O)O. The average molecular weight is 342 g/mol. The Hall–Kier alpha value is -1.36. The van der Waals surface area contributed by atoms with Crippen molar-refractivity contribution in [3.63, 3.8) is 0 Å². The topological polar surface area (TPSA) is 94.8 Å². The number of carbonyl (C=O) groups is 2. The first-order chi connectivity index (χ1) is 11.5. The summed E-state index contributed by atoms with van der Waals surface area (Å²) in [6.07, 6.45) is 14.4. The van der Waals surface area contributed by atoms with Crippen LogP contribution in [0.15, 0.2) is 11.1 Å². The monoisotopic (exact) mass is 342 g/mol. The lowest BCUT2D eigenvalue weighted by Crippen LogP contribution is -2.14. The van der Waals surface area contributed by atoms with E-state index in [2.05, 4.69) is 6.92 Å². The molecule has 24 heavy (non-hydrogen) atoms. The van der Waals surface area contributed by atoms with Crippen LogP contribution in [0.5, 0.6) is 0 Å². The molecule has 0 unspecified atom stereocenters. The van der Waals surface area contributed by atoms with Crippen molar-refractivity contribution < 1.29 is 24.9 Å². The molecule has 0 heterocycles. The summed E-state index contributed by atoms with van der Waals surface area (Å²) in [5.74, 6) is -2.60. The van der Waals surface area contributed by atoms with Gasteiger partial charge in [0, 0.05) is 5.57 Å². The zero-order chi connectivity index (χ0) is 18.2. The Morgan fingerprint density at radius 3 is 1.33 bits per heavy atom. The Kier molecular flexibility index (Phi) is 14.3. The summed E-state index contributed by atoms with van der Waals surface area (Å²) >= 11 is 0. The van der Waals surface area contributed by atoms with Gasteiger partial charge in [0.1, 0.15) is 0 Å². The van der Waals surface area contributed by atoms with Crippen LogP contribution in [0, 0.1) is 0 Å². The van der Waals surface area contributed by atoms with E-state index in [-0.39, 0.29) is 12.0 Å². The van der Waals surface area contributed by atoms with E-state index in [1.54, 1.807) is 0 Å². The predicted octanol–water partition coefficient (Wildman–Crippen LogP) is 4.54. The summed E-state index contributed by atoms with van der Waals surface area (Å²) < 4.78 is 0. The molecule has 0 bridgehead atoms. The quantitative estimate of drug-likeness (QED) is 0.283. The lowest BCUT2D eigenvalue weighted by Gasteiger charge is -2.07. The number of aliphatic hydroxyl groups is 1. The smallest absolute Gasteiger partial charge is 0.334 e. The molecule has 5 nitrogen and oxygen atoms in total. The van der Waals surface area contributed by atoms with Gasteiger partial charge in [0.15, 0.2) is 0 Å². The van der Waals surface area contributed by atoms with E-state index in [1.807, 2.05) is 0 Å². The van der Waals surface area contributed by atoms with Crippen molar-refractivity contribution >= 4 is 11.9 Å². The molecule has 0 radical (unpaired) electrons. The summed E-state index contributed by atoms with van der Waals surface area (Å²) in [4.78, 5) is 22.0. The molecule has 0 aromatic carbocycles. The molecular formula is C19H34O5. The fourth-order valence-electron chi connectivity index (χ4n) is 2.82. The third kappa shape index (κ3) is 11.2. The van der Waals surface area contributed by atoms with E-state index in [4.69, 9.17) is 15.3 Å². The highest BCUT2D eigenvalue weighted by Crippen LogP contribution is 2.17. The minimum atomic E-state index is -1.35. The Balaban J connectivity index is 3.74. The molecule has 0 saturated heterocycles.